The number of carbonyl (C=O) groups excluding carboxylic acids is 1. The van der Waals surface area contributed by atoms with Crippen LogP contribution in [-0.4, -0.2) is 17.9 Å². The smallest absolute Gasteiger partial charge is 0.280 e. The summed E-state index contributed by atoms with van der Waals surface area (Å²) in [6.45, 7) is 0. The van der Waals surface area contributed by atoms with Crippen LogP contribution in [0.3, 0.4) is 0 Å². The molecule has 0 spiro atoms. The van der Waals surface area contributed by atoms with Gasteiger partial charge < -0.3 is 4.74 Å². The van der Waals surface area contributed by atoms with Gasteiger partial charge in [-0.2, -0.15) is 5.26 Å². The summed E-state index contributed by atoms with van der Waals surface area (Å²) in [5.41, 5.74) is 3.02. The molecule has 4 aromatic rings. The van der Waals surface area contributed by atoms with E-state index in [1.807, 2.05) is 24.3 Å². The first-order valence-electron chi connectivity index (χ1n) is 11.5. The Kier molecular flexibility index (Phi) is 9.06. The highest BCUT2D eigenvalue weighted by atomic mass is 79.9. The Morgan fingerprint density at radius 1 is 1.11 bits per heavy atom. The number of ketones is 1. The zero-order valence-electron chi connectivity index (χ0n) is 20.2. The zero-order valence-corrected chi connectivity index (χ0v) is 22.6. The second kappa shape index (κ2) is 12.6. The first-order valence-corrected chi connectivity index (χ1v) is 13.2. The lowest BCUT2D eigenvalue weighted by Crippen LogP contribution is -1.99. The standard InChI is InChI=1S/C30H21BrF2N2O2S/c1-37-28-13-11-19(10-12-27(36)21-8-5-9-23(31)15-21)14-22(28)18-38-30-25(17-34)24(16-26(35-30)29(32)33)20-6-3-2-4-7-20/h2-16,29H,18H2,1H3/b12-10+. The van der Waals surface area contributed by atoms with Gasteiger partial charge in [-0.05, 0) is 47.5 Å². The van der Waals surface area contributed by atoms with Crippen molar-refractivity contribution in [3.63, 3.8) is 0 Å². The highest BCUT2D eigenvalue weighted by molar-refractivity contribution is 9.10. The zero-order chi connectivity index (χ0) is 27.1. The van der Waals surface area contributed by atoms with Gasteiger partial charge in [-0.3, -0.25) is 4.79 Å². The number of aromatic nitrogens is 1. The highest BCUT2D eigenvalue weighted by Gasteiger charge is 2.19. The largest absolute Gasteiger partial charge is 0.496 e. The summed E-state index contributed by atoms with van der Waals surface area (Å²) >= 11 is 4.55. The first-order chi connectivity index (χ1) is 18.4. The number of hydrogen-bond acceptors (Lipinski definition) is 5. The molecule has 0 saturated carbocycles. The van der Waals surface area contributed by atoms with E-state index in [-0.39, 0.29) is 22.1 Å². The van der Waals surface area contributed by atoms with E-state index in [1.54, 1.807) is 61.7 Å². The van der Waals surface area contributed by atoms with E-state index in [9.17, 15) is 18.8 Å². The Balaban J connectivity index is 1.63. The van der Waals surface area contributed by atoms with Crippen molar-refractivity contribution in [3.8, 4) is 22.9 Å². The van der Waals surface area contributed by atoms with Crippen LogP contribution in [0, 0.1) is 11.3 Å². The van der Waals surface area contributed by atoms with Crippen molar-refractivity contribution in [1.82, 2.24) is 4.98 Å². The predicted octanol–water partition coefficient (Wildman–Crippen LogP) is 8.52. The van der Waals surface area contributed by atoms with Gasteiger partial charge in [-0.15, -0.1) is 11.8 Å². The molecule has 4 rings (SSSR count). The molecule has 0 fully saturated rings. The fraction of sp³-hybridized carbons (Fsp3) is 0.100. The second-order valence-corrected chi connectivity index (χ2v) is 10.0. The molecule has 0 atom stereocenters. The number of ether oxygens (including phenoxy) is 1. The Bertz CT molecular complexity index is 1540. The maximum Gasteiger partial charge on any atom is 0.280 e. The van der Waals surface area contributed by atoms with E-state index in [0.29, 0.717) is 28.2 Å². The summed E-state index contributed by atoms with van der Waals surface area (Å²) in [5.74, 6) is 0.769. The van der Waals surface area contributed by atoms with Gasteiger partial charge in [0.2, 0.25) is 0 Å². The van der Waals surface area contributed by atoms with E-state index in [4.69, 9.17) is 4.74 Å². The molecule has 0 aliphatic carbocycles. The SMILES string of the molecule is COc1ccc(/C=C/C(=O)c2cccc(Br)c2)cc1CSc1nc(C(F)F)cc(-c2ccccc2)c1C#N. The van der Waals surface area contributed by atoms with Crippen LogP contribution in [-0.2, 0) is 5.75 Å². The number of hydrogen-bond donors (Lipinski definition) is 0. The fourth-order valence-corrected chi connectivity index (χ4v) is 5.17. The Labute approximate surface area is 232 Å². The summed E-state index contributed by atoms with van der Waals surface area (Å²) < 4.78 is 33.7. The number of pyridine rings is 1. The summed E-state index contributed by atoms with van der Waals surface area (Å²) in [5, 5.41) is 10.1. The lowest BCUT2D eigenvalue weighted by molar-refractivity contribution is 0.104. The lowest BCUT2D eigenvalue weighted by Gasteiger charge is -2.13. The van der Waals surface area contributed by atoms with Gasteiger partial charge >= 0.3 is 0 Å². The van der Waals surface area contributed by atoms with Gasteiger partial charge in [-0.25, -0.2) is 13.8 Å². The van der Waals surface area contributed by atoms with Crippen LogP contribution in [0.4, 0.5) is 8.78 Å². The van der Waals surface area contributed by atoms with Crippen molar-refractivity contribution in [2.24, 2.45) is 0 Å². The number of alkyl halides is 2. The number of benzene rings is 3. The molecule has 1 heterocycles. The van der Waals surface area contributed by atoms with Gasteiger partial charge in [0.25, 0.3) is 6.43 Å². The summed E-state index contributed by atoms with van der Waals surface area (Å²) in [6, 6.07) is 25.0. The van der Waals surface area contributed by atoms with Crippen LogP contribution in [0.15, 0.2) is 94.4 Å². The third kappa shape index (κ3) is 6.55. The van der Waals surface area contributed by atoms with Crippen molar-refractivity contribution in [2.75, 3.05) is 7.11 Å². The fourth-order valence-electron chi connectivity index (χ4n) is 3.78. The number of rotatable bonds is 9. The molecule has 0 unspecified atom stereocenters. The third-order valence-electron chi connectivity index (χ3n) is 5.63. The minimum absolute atomic E-state index is 0.141. The van der Waals surface area contributed by atoms with E-state index < -0.39 is 6.43 Å². The number of nitrogens with zero attached hydrogens (tertiary/aromatic N) is 2. The maximum atomic E-state index is 13.7. The molecule has 3 aromatic carbocycles. The van der Waals surface area contributed by atoms with Crippen LogP contribution < -0.4 is 4.74 Å². The maximum absolute atomic E-state index is 13.7. The highest BCUT2D eigenvalue weighted by Crippen LogP contribution is 2.36. The van der Waals surface area contributed by atoms with Crippen molar-refractivity contribution in [2.45, 2.75) is 17.2 Å². The van der Waals surface area contributed by atoms with Crippen LogP contribution in [0.5, 0.6) is 5.75 Å². The summed E-state index contributed by atoms with van der Waals surface area (Å²) in [7, 11) is 1.54. The molecule has 0 amide bonds. The van der Waals surface area contributed by atoms with E-state index in [1.165, 1.54) is 23.9 Å². The monoisotopic (exact) mass is 590 g/mol. The van der Waals surface area contributed by atoms with Gasteiger partial charge in [0, 0.05) is 26.9 Å². The van der Waals surface area contributed by atoms with E-state index in [2.05, 4.69) is 27.0 Å². The lowest BCUT2D eigenvalue weighted by atomic mass is 10.0. The molecule has 0 radical (unpaired) electrons. The molecule has 8 heteroatoms. The number of allylic oxidation sites excluding steroid dienone is 1. The van der Waals surface area contributed by atoms with Gasteiger partial charge in [-0.1, -0.05) is 70.5 Å². The number of carbonyl (C=O) groups is 1. The van der Waals surface area contributed by atoms with E-state index >= 15 is 0 Å². The van der Waals surface area contributed by atoms with E-state index in [0.717, 1.165) is 15.6 Å². The van der Waals surface area contributed by atoms with Gasteiger partial charge in [0.1, 0.15) is 22.5 Å². The molecule has 0 aliphatic rings. The molecule has 0 saturated heterocycles. The normalized spacial score (nSPS) is 11.1. The Morgan fingerprint density at radius 3 is 2.58 bits per heavy atom. The molecular weight excluding hydrogens is 570 g/mol. The molecule has 4 nitrogen and oxygen atoms in total. The van der Waals surface area contributed by atoms with Crippen LogP contribution >= 0.6 is 27.7 Å². The summed E-state index contributed by atoms with van der Waals surface area (Å²) in [6.07, 6.45) is 0.421. The van der Waals surface area contributed by atoms with Crippen LogP contribution in [0.1, 0.15) is 39.2 Å². The molecule has 0 N–H and O–H groups in total. The molecule has 190 valence electrons. The number of halogens is 3. The molecule has 0 aliphatic heterocycles. The summed E-state index contributed by atoms with van der Waals surface area (Å²) in [4.78, 5) is 16.7. The minimum atomic E-state index is -2.78. The quantitative estimate of drug-likeness (QED) is 0.111. The average Bonchev–Trinajstić information content (AvgIpc) is 2.94. The Morgan fingerprint density at radius 2 is 1.89 bits per heavy atom. The van der Waals surface area contributed by atoms with Crippen molar-refractivity contribution < 1.29 is 18.3 Å². The number of thioether (sulfide) groups is 1. The topological polar surface area (TPSA) is 63.0 Å². The van der Waals surface area contributed by atoms with Crippen LogP contribution in [0.2, 0.25) is 0 Å². The number of nitriles is 1. The predicted molar refractivity (Wildman–Crippen MR) is 149 cm³/mol. The molecule has 1 aromatic heterocycles. The number of methoxy groups -OCH3 is 1. The van der Waals surface area contributed by atoms with Gasteiger partial charge in [0.05, 0.1) is 12.7 Å². The van der Waals surface area contributed by atoms with Crippen molar-refractivity contribution in [1.29, 1.82) is 5.26 Å². The molecular formula is C30H21BrF2N2O2S. The van der Waals surface area contributed by atoms with Gasteiger partial charge in [0.15, 0.2) is 5.78 Å². The third-order valence-corrected chi connectivity index (χ3v) is 7.15. The first kappa shape index (κ1) is 27.2. The second-order valence-electron chi connectivity index (χ2n) is 8.12. The minimum Gasteiger partial charge on any atom is -0.496 e. The van der Waals surface area contributed by atoms with Crippen LogP contribution in [0.25, 0.3) is 17.2 Å². The molecule has 0 bridgehead atoms. The average molecular weight is 591 g/mol. The van der Waals surface area contributed by atoms with Crippen molar-refractivity contribution in [3.05, 3.63) is 117 Å². The van der Waals surface area contributed by atoms with Crippen molar-refractivity contribution >= 4 is 39.6 Å². The molecule has 38 heavy (non-hydrogen) atoms. The Hall–Kier alpha value is -3.80.